The van der Waals surface area contributed by atoms with Gasteiger partial charge in [-0.1, -0.05) is 48.5 Å². The van der Waals surface area contributed by atoms with E-state index in [0.29, 0.717) is 18.2 Å². The van der Waals surface area contributed by atoms with Gasteiger partial charge in [-0.15, -0.1) is 0 Å². The summed E-state index contributed by atoms with van der Waals surface area (Å²) < 4.78 is 13.9. The number of carbonyl (C=O) groups is 1. The summed E-state index contributed by atoms with van der Waals surface area (Å²) in [5, 5.41) is 5.21. The van der Waals surface area contributed by atoms with Crippen molar-refractivity contribution in [1.29, 1.82) is 0 Å². The van der Waals surface area contributed by atoms with Crippen molar-refractivity contribution < 1.29 is 9.18 Å². The Kier molecular flexibility index (Phi) is 4.67. The first-order valence-corrected chi connectivity index (χ1v) is 8.95. The number of amides is 1. The van der Waals surface area contributed by atoms with Crippen molar-refractivity contribution in [3.8, 4) is 0 Å². The molecule has 3 aromatic rings. The molecular formula is C22H21FN2O. The molecule has 0 unspecified atom stereocenters. The number of benzene rings is 3. The fraction of sp³-hybridized carbons (Fsp3) is 0.227. The average molecular weight is 348 g/mol. The summed E-state index contributed by atoms with van der Waals surface area (Å²) in [6.07, 6.45) is 2.13. The fourth-order valence-corrected chi connectivity index (χ4v) is 3.25. The molecule has 4 heteroatoms. The lowest BCUT2D eigenvalue weighted by Crippen LogP contribution is -2.34. The van der Waals surface area contributed by atoms with Crippen LogP contribution in [0.2, 0.25) is 0 Å². The van der Waals surface area contributed by atoms with E-state index in [1.54, 1.807) is 12.1 Å². The average Bonchev–Trinajstić information content (AvgIpc) is 3.48. The Bertz CT molecular complexity index is 936. The van der Waals surface area contributed by atoms with Crippen molar-refractivity contribution >= 4 is 22.4 Å². The van der Waals surface area contributed by atoms with Crippen molar-refractivity contribution in [2.45, 2.75) is 25.4 Å². The number of anilines is 1. The standard InChI is InChI=1S/C22H21FN2O/c23-21-8-4-3-7-18(21)14-25(20-11-12-20)15-22(26)24-19-10-9-16-5-1-2-6-17(16)13-19/h1-10,13,20H,11-12,14-15H2,(H,24,26). The molecule has 0 bridgehead atoms. The van der Waals surface area contributed by atoms with Crippen LogP contribution in [0.25, 0.3) is 10.8 Å². The van der Waals surface area contributed by atoms with Crippen LogP contribution in [0, 0.1) is 5.82 Å². The highest BCUT2D eigenvalue weighted by Gasteiger charge is 2.30. The van der Waals surface area contributed by atoms with E-state index in [-0.39, 0.29) is 18.3 Å². The first-order chi connectivity index (χ1) is 12.7. The SMILES string of the molecule is O=C(CN(Cc1ccccc1F)C1CC1)Nc1ccc2ccccc2c1. The van der Waals surface area contributed by atoms with E-state index < -0.39 is 0 Å². The molecule has 0 aromatic heterocycles. The van der Waals surface area contributed by atoms with Gasteiger partial charge in [0, 0.05) is 23.8 Å². The minimum atomic E-state index is -0.215. The molecule has 1 saturated carbocycles. The maximum atomic E-state index is 13.9. The van der Waals surface area contributed by atoms with E-state index in [4.69, 9.17) is 0 Å². The van der Waals surface area contributed by atoms with Crippen LogP contribution in [0.3, 0.4) is 0 Å². The lowest BCUT2D eigenvalue weighted by molar-refractivity contribution is -0.117. The van der Waals surface area contributed by atoms with Gasteiger partial charge in [-0.3, -0.25) is 9.69 Å². The summed E-state index contributed by atoms with van der Waals surface area (Å²) in [6.45, 7) is 0.730. The summed E-state index contributed by atoms with van der Waals surface area (Å²) in [5.41, 5.74) is 1.42. The maximum Gasteiger partial charge on any atom is 0.238 e. The van der Waals surface area contributed by atoms with Gasteiger partial charge in [-0.25, -0.2) is 4.39 Å². The predicted octanol–water partition coefficient (Wildman–Crippen LogP) is 4.58. The van der Waals surface area contributed by atoms with Crippen molar-refractivity contribution in [2.24, 2.45) is 0 Å². The van der Waals surface area contributed by atoms with Crippen LogP contribution in [0.1, 0.15) is 18.4 Å². The van der Waals surface area contributed by atoms with Gasteiger partial charge >= 0.3 is 0 Å². The van der Waals surface area contributed by atoms with Crippen LogP contribution < -0.4 is 5.32 Å². The smallest absolute Gasteiger partial charge is 0.238 e. The third-order valence-electron chi connectivity index (χ3n) is 4.77. The summed E-state index contributed by atoms with van der Waals surface area (Å²) in [6, 6.07) is 21.1. The monoisotopic (exact) mass is 348 g/mol. The molecule has 132 valence electrons. The lowest BCUT2D eigenvalue weighted by atomic mass is 10.1. The van der Waals surface area contributed by atoms with Gasteiger partial charge in [-0.05, 0) is 41.8 Å². The van der Waals surface area contributed by atoms with Crippen LogP contribution >= 0.6 is 0 Å². The number of carbonyl (C=O) groups excluding carboxylic acids is 1. The molecule has 1 N–H and O–H groups in total. The first kappa shape index (κ1) is 16.7. The highest BCUT2D eigenvalue weighted by molar-refractivity contribution is 5.95. The molecule has 1 aliphatic rings. The summed E-state index contributed by atoms with van der Waals surface area (Å²) in [4.78, 5) is 14.6. The molecule has 3 nitrogen and oxygen atoms in total. The number of halogens is 1. The van der Waals surface area contributed by atoms with E-state index in [1.807, 2.05) is 48.5 Å². The quantitative estimate of drug-likeness (QED) is 0.707. The van der Waals surface area contributed by atoms with E-state index in [9.17, 15) is 9.18 Å². The van der Waals surface area contributed by atoms with Gasteiger partial charge in [0.2, 0.25) is 5.91 Å². The highest BCUT2D eigenvalue weighted by atomic mass is 19.1. The van der Waals surface area contributed by atoms with Gasteiger partial charge in [-0.2, -0.15) is 0 Å². The number of nitrogens with zero attached hydrogens (tertiary/aromatic N) is 1. The fourth-order valence-electron chi connectivity index (χ4n) is 3.25. The molecule has 1 fully saturated rings. The minimum Gasteiger partial charge on any atom is -0.325 e. The number of rotatable bonds is 6. The summed E-state index contributed by atoms with van der Waals surface area (Å²) in [7, 11) is 0. The predicted molar refractivity (Wildman–Crippen MR) is 102 cm³/mol. The van der Waals surface area contributed by atoms with E-state index in [2.05, 4.69) is 10.2 Å². The summed E-state index contributed by atoms with van der Waals surface area (Å²) >= 11 is 0. The van der Waals surface area contributed by atoms with Crippen molar-refractivity contribution in [2.75, 3.05) is 11.9 Å². The van der Waals surface area contributed by atoms with Gasteiger partial charge in [0.15, 0.2) is 0 Å². The Morgan fingerprint density at radius 2 is 1.73 bits per heavy atom. The molecule has 4 rings (SSSR count). The molecule has 26 heavy (non-hydrogen) atoms. The zero-order valence-electron chi connectivity index (χ0n) is 14.5. The minimum absolute atomic E-state index is 0.0662. The molecular weight excluding hydrogens is 327 g/mol. The third-order valence-corrected chi connectivity index (χ3v) is 4.77. The number of hydrogen-bond donors (Lipinski definition) is 1. The van der Waals surface area contributed by atoms with Crippen LogP contribution in [0.15, 0.2) is 66.7 Å². The van der Waals surface area contributed by atoms with Crippen LogP contribution in [-0.2, 0) is 11.3 Å². The highest BCUT2D eigenvalue weighted by Crippen LogP contribution is 2.28. The van der Waals surface area contributed by atoms with Gasteiger partial charge < -0.3 is 5.32 Å². The number of fused-ring (bicyclic) bond motifs is 1. The van der Waals surface area contributed by atoms with Gasteiger partial charge in [0.05, 0.1) is 6.54 Å². The maximum absolute atomic E-state index is 13.9. The second kappa shape index (κ2) is 7.26. The largest absolute Gasteiger partial charge is 0.325 e. The van der Waals surface area contributed by atoms with Crippen molar-refractivity contribution in [3.63, 3.8) is 0 Å². The topological polar surface area (TPSA) is 32.3 Å². The first-order valence-electron chi connectivity index (χ1n) is 8.95. The molecule has 0 radical (unpaired) electrons. The molecule has 3 aromatic carbocycles. The number of nitrogens with one attached hydrogen (secondary N) is 1. The Labute approximate surface area is 152 Å². The molecule has 0 heterocycles. The Balaban J connectivity index is 1.44. The van der Waals surface area contributed by atoms with Gasteiger partial charge in [0.25, 0.3) is 0 Å². The molecule has 0 atom stereocenters. The van der Waals surface area contributed by atoms with E-state index in [0.717, 1.165) is 29.3 Å². The summed E-state index contributed by atoms with van der Waals surface area (Å²) in [5.74, 6) is -0.281. The van der Waals surface area contributed by atoms with Crippen LogP contribution in [0.4, 0.5) is 10.1 Å². The molecule has 0 saturated heterocycles. The van der Waals surface area contributed by atoms with E-state index >= 15 is 0 Å². The molecule has 0 spiro atoms. The number of hydrogen-bond acceptors (Lipinski definition) is 2. The Morgan fingerprint density at radius 1 is 1.00 bits per heavy atom. The van der Waals surface area contributed by atoms with Crippen molar-refractivity contribution in [1.82, 2.24) is 4.90 Å². The third kappa shape index (κ3) is 3.92. The second-order valence-corrected chi connectivity index (χ2v) is 6.84. The van der Waals surface area contributed by atoms with Gasteiger partial charge in [0.1, 0.15) is 5.82 Å². The zero-order valence-corrected chi connectivity index (χ0v) is 14.5. The Hall–Kier alpha value is -2.72. The van der Waals surface area contributed by atoms with E-state index in [1.165, 1.54) is 6.07 Å². The second-order valence-electron chi connectivity index (χ2n) is 6.84. The normalized spacial score (nSPS) is 13.9. The lowest BCUT2D eigenvalue weighted by Gasteiger charge is -2.21. The zero-order chi connectivity index (χ0) is 17.9. The molecule has 1 aliphatic carbocycles. The molecule has 1 amide bonds. The Morgan fingerprint density at radius 3 is 2.50 bits per heavy atom. The van der Waals surface area contributed by atoms with Crippen LogP contribution in [-0.4, -0.2) is 23.4 Å². The molecule has 0 aliphatic heterocycles. The van der Waals surface area contributed by atoms with Crippen molar-refractivity contribution in [3.05, 3.63) is 78.1 Å². The van der Waals surface area contributed by atoms with Crippen LogP contribution in [0.5, 0.6) is 0 Å².